The summed E-state index contributed by atoms with van der Waals surface area (Å²) >= 11 is 1.37. The summed E-state index contributed by atoms with van der Waals surface area (Å²) in [5.74, 6) is -1.10. The Hall–Kier alpha value is -1.43. The highest BCUT2D eigenvalue weighted by molar-refractivity contribution is 7.13. The summed E-state index contributed by atoms with van der Waals surface area (Å²) in [5.41, 5.74) is -0.342. The average molecular weight is 310 g/mol. The number of aliphatic carboxylic acids is 1. The van der Waals surface area contributed by atoms with Gasteiger partial charge in [-0.25, -0.2) is 4.98 Å². The average Bonchev–Trinajstić information content (AvgIpc) is 2.81. The summed E-state index contributed by atoms with van der Waals surface area (Å²) in [6, 6.07) is 0.00510. The van der Waals surface area contributed by atoms with Crippen molar-refractivity contribution in [2.75, 3.05) is 0 Å². The maximum atomic E-state index is 12.2. The first-order valence-corrected chi connectivity index (χ1v) is 8.01. The summed E-state index contributed by atoms with van der Waals surface area (Å²) in [4.78, 5) is 28.3. The minimum Gasteiger partial charge on any atom is -0.481 e. The van der Waals surface area contributed by atoms with Gasteiger partial charge in [-0.3, -0.25) is 9.59 Å². The first-order chi connectivity index (χ1) is 9.73. The molecule has 0 aliphatic heterocycles. The Labute approximate surface area is 128 Å². The van der Waals surface area contributed by atoms with Crippen LogP contribution >= 0.6 is 11.3 Å². The van der Waals surface area contributed by atoms with Crippen molar-refractivity contribution in [1.82, 2.24) is 10.3 Å². The van der Waals surface area contributed by atoms with Crippen LogP contribution in [0, 0.1) is 24.2 Å². The Balaban J connectivity index is 2.09. The molecule has 116 valence electrons. The molecule has 2 N–H and O–H groups in total. The van der Waals surface area contributed by atoms with E-state index in [1.165, 1.54) is 11.3 Å². The number of carboxylic acids is 1. The number of nitrogens with one attached hydrogen (secondary N) is 1. The quantitative estimate of drug-likeness (QED) is 0.899. The largest absolute Gasteiger partial charge is 0.481 e. The lowest BCUT2D eigenvalue weighted by Crippen LogP contribution is -2.52. The van der Waals surface area contributed by atoms with Crippen molar-refractivity contribution in [3.8, 4) is 0 Å². The van der Waals surface area contributed by atoms with Crippen LogP contribution in [0.15, 0.2) is 6.20 Å². The molecule has 1 aliphatic rings. The molecule has 0 saturated heterocycles. The van der Waals surface area contributed by atoms with Crippen LogP contribution in [0.25, 0.3) is 0 Å². The van der Waals surface area contributed by atoms with Crippen molar-refractivity contribution in [3.63, 3.8) is 0 Å². The second-order valence-electron chi connectivity index (χ2n) is 6.40. The van der Waals surface area contributed by atoms with Gasteiger partial charge < -0.3 is 10.4 Å². The number of carboxylic acid groups (broad SMARTS) is 1. The fraction of sp³-hybridized carbons (Fsp3) is 0.667. The number of aryl methyl sites for hydroxylation is 1. The lowest BCUT2D eigenvalue weighted by Gasteiger charge is -2.46. The summed E-state index contributed by atoms with van der Waals surface area (Å²) in [6.07, 6.45) is 2.89. The van der Waals surface area contributed by atoms with E-state index in [0.29, 0.717) is 17.7 Å². The molecule has 0 aromatic carbocycles. The SMILES string of the molecule is Cc1ncc(C(=O)NC2CCC(C(=O)O)C(C)(C)C2C)s1. The monoisotopic (exact) mass is 310 g/mol. The molecule has 21 heavy (non-hydrogen) atoms. The van der Waals surface area contributed by atoms with Gasteiger partial charge in [0, 0.05) is 6.04 Å². The summed E-state index contributed by atoms with van der Waals surface area (Å²) < 4.78 is 0. The molecule has 3 unspecified atom stereocenters. The number of carbonyl (C=O) groups excluding carboxylic acids is 1. The molecule has 1 amide bonds. The van der Waals surface area contributed by atoms with Crippen molar-refractivity contribution in [2.45, 2.75) is 46.6 Å². The molecule has 0 radical (unpaired) electrons. The minimum absolute atomic E-state index is 0.00510. The molecule has 0 bridgehead atoms. The van der Waals surface area contributed by atoms with E-state index in [1.54, 1.807) is 6.20 Å². The number of carbonyl (C=O) groups is 2. The third kappa shape index (κ3) is 3.10. The molecule has 1 fully saturated rings. The lowest BCUT2D eigenvalue weighted by atomic mass is 9.61. The third-order valence-corrected chi connectivity index (χ3v) is 5.81. The predicted octanol–water partition coefficient (Wildman–Crippen LogP) is 2.71. The van der Waals surface area contributed by atoms with E-state index in [0.717, 1.165) is 5.01 Å². The van der Waals surface area contributed by atoms with Crippen molar-refractivity contribution in [2.24, 2.45) is 17.3 Å². The van der Waals surface area contributed by atoms with Crippen LogP contribution < -0.4 is 5.32 Å². The molecule has 1 heterocycles. The number of thiazole rings is 1. The fourth-order valence-electron chi connectivity index (χ4n) is 3.15. The molecule has 1 saturated carbocycles. The highest BCUT2D eigenvalue weighted by Crippen LogP contribution is 2.45. The van der Waals surface area contributed by atoms with Crippen LogP contribution in [-0.4, -0.2) is 28.0 Å². The van der Waals surface area contributed by atoms with E-state index in [2.05, 4.69) is 10.3 Å². The minimum atomic E-state index is -0.741. The topological polar surface area (TPSA) is 79.3 Å². The van der Waals surface area contributed by atoms with Crippen LogP contribution in [0.3, 0.4) is 0 Å². The smallest absolute Gasteiger partial charge is 0.307 e. The first kappa shape index (κ1) is 15.9. The van der Waals surface area contributed by atoms with Crippen molar-refractivity contribution >= 4 is 23.2 Å². The Morgan fingerprint density at radius 3 is 2.62 bits per heavy atom. The molecule has 1 aromatic heterocycles. The molecular formula is C15H22N2O3S. The number of amides is 1. The Bertz CT molecular complexity index is 553. The normalized spacial score (nSPS) is 28.1. The standard InChI is InChI=1S/C15H22N2O3S/c1-8-11(6-5-10(14(19)20)15(8,3)4)17-13(18)12-7-16-9(2)21-12/h7-8,10-11H,5-6H2,1-4H3,(H,17,18)(H,19,20). The van der Waals surface area contributed by atoms with E-state index >= 15 is 0 Å². The van der Waals surface area contributed by atoms with Gasteiger partial charge in [0.05, 0.1) is 17.1 Å². The number of hydrogen-bond donors (Lipinski definition) is 2. The van der Waals surface area contributed by atoms with Gasteiger partial charge in [0.15, 0.2) is 0 Å². The van der Waals surface area contributed by atoms with Gasteiger partial charge in [0.2, 0.25) is 0 Å². The molecular weight excluding hydrogens is 288 g/mol. The maximum Gasteiger partial charge on any atom is 0.307 e. The van der Waals surface area contributed by atoms with Gasteiger partial charge >= 0.3 is 5.97 Å². The molecule has 1 aromatic rings. The molecule has 6 heteroatoms. The molecule has 2 rings (SSSR count). The van der Waals surface area contributed by atoms with Crippen LogP contribution in [0.2, 0.25) is 0 Å². The van der Waals surface area contributed by atoms with Crippen molar-refractivity contribution in [3.05, 3.63) is 16.1 Å². The summed E-state index contributed by atoms with van der Waals surface area (Å²) in [6.45, 7) is 7.85. The van der Waals surface area contributed by atoms with Gasteiger partial charge in [-0.15, -0.1) is 11.3 Å². The molecule has 3 atom stereocenters. The fourth-order valence-corrected chi connectivity index (χ4v) is 3.83. The Morgan fingerprint density at radius 2 is 2.10 bits per heavy atom. The van der Waals surface area contributed by atoms with Gasteiger partial charge in [-0.1, -0.05) is 20.8 Å². The van der Waals surface area contributed by atoms with Gasteiger partial charge in [-0.2, -0.15) is 0 Å². The van der Waals surface area contributed by atoms with E-state index in [1.807, 2.05) is 27.7 Å². The van der Waals surface area contributed by atoms with Gasteiger partial charge in [0.25, 0.3) is 5.91 Å². The summed E-state index contributed by atoms with van der Waals surface area (Å²) in [7, 11) is 0. The van der Waals surface area contributed by atoms with E-state index in [9.17, 15) is 14.7 Å². The van der Waals surface area contributed by atoms with Crippen molar-refractivity contribution < 1.29 is 14.7 Å². The van der Waals surface area contributed by atoms with Crippen LogP contribution in [0.1, 0.15) is 48.3 Å². The van der Waals surface area contributed by atoms with E-state index < -0.39 is 5.97 Å². The highest BCUT2D eigenvalue weighted by Gasteiger charge is 2.46. The maximum absolute atomic E-state index is 12.2. The van der Waals surface area contributed by atoms with Crippen LogP contribution in [0.4, 0.5) is 0 Å². The first-order valence-electron chi connectivity index (χ1n) is 7.19. The number of hydrogen-bond acceptors (Lipinski definition) is 4. The van der Waals surface area contributed by atoms with E-state index in [4.69, 9.17) is 0 Å². The Morgan fingerprint density at radius 1 is 1.43 bits per heavy atom. The second-order valence-corrected chi connectivity index (χ2v) is 7.64. The zero-order valence-electron chi connectivity index (χ0n) is 12.8. The Kier molecular flexibility index (Phi) is 4.37. The molecule has 5 nitrogen and oxygen atoms in total. The van der Waals surface area contributed by atoms with E-state index in [-0.39, 0.29) is 29.2 Å². The summed E-state index contributed by atoms with van der Waals surface area (Å²) in [5, 5.41) is 13.3. The van der Waals surface area contributed by atoms with Crippen LogP contribution in [0.5, 0.6) is 0 Å². The van der Waals surface area contributed by atoms with Gasteiger partial charge in [-0.05, 0) is 31.1 Å². The zero-order valence-corrected chi connectivity index (χ0v) is 13.7. The number of aromatic nitrogens is 1. The molecule has 0 spiro atoms. The number of nitrogens with zero attached hydrogens (tertiary/aromatic N) is 1. The van der Waals surface area contributed by atoms with Crippen molar-refractivity contribution in [1.29, 1.82) is 0 Å². The lowest BCUT2D eigenvalue weighted by molar-refractivity contribution is -0.150. The third-order valence-electron chi connectivity index (χ3n) is 4.90. The predicted molar refractivity (Wildman–Crippen MR) is 81.4 cm³/mol. The molecule has 1 aliphatic carbocycles. The van der Waals surface area contributed by atoms with Crippen LogP contribution in [-0.2, 0) is 4.79 Å². The highest BCUT2D eigenvalue weighted by atomic mass is 32.1. The number of rotatable bonds is 3. The van der Waals surface area contributed by atoms with Gasteiger partial charge in [0.1, 0.15) is 4.88 Å². The zero-order chi connectivity index (χ0) is 15.8. The second kappa shape index (κ2) is 5.75.